The van der Waals surface area contributed by atoms with Crippen molar-refractivity contribution in [2.75, 3.05) is 5.32 Å². The molecule has 6 nitrogen and oxygen atoms in total. The van der Waals surface area contributed by atoms with Gasteiger partial charge in [0.2, 0.25) is 0 Å². The molecule has 0 spiro atoms. The SMILES string of the molecule is O=C1Nc2cc(Sc3nccc(=O)[nH]3)c(Br)cc2C1O. The number of carbonyl (C=O) groups is 1. The molecule has 0 saturated heterocycles. The highest BCUT2D eigenvalue weighted by atomic mass is 79.9. The molecule has 3 rings (SSSR count). The Morgan fingerprint density at radius 1 is 1.35 bits per heavy atom. The van der Waals surface area contributed by atoms with Crippen LogP contribution in [0, 0.1) is 0 Å². The van der Waals surface area contributed by atoms with Crippen molar-refractivity contribution in [2.24, 2.45) is 0 Å². The maximum absolute atomic E-state index is 11.4. The van der Waals surface area contributed by atoms with E-state index in [2.05, 4.69) is 31.2 Å². The van der Waals surface area contributed by atoms with Gasteiger partial charge in [0.05, 0.1) is 0 Å². The Morgan fingerprint density at radius 2 is 2.15 bits per heavy atom. The van der Waals surface area contributed by atoms with E-state index in [-0.39, 0.29) is 5.56 Å². The first-order valence-electron chi connectivity index (χ1n) is 5.60. The van der Waals surface area contributed by atoms with Crippen molar-refractivity contribution in [2.45, 2.75) is 16.2 Å². The van der Waals surface area contributed by atoms with Crippen LogP contribution in [0.5, 0.6) is 0 Å². The van der Waals surface area contributed by atoms with Gasteiger partial charge in [-0.2, -0.15) is 0 Å². The Bertz CT molecular complexity index is 762. The molecule has 102 valence electrons. The smallest absolute Gasteiger partial charge is 0.257 e. The second-order valence-corrected chi connectivity index (χ2v) is 5.99. The first-order valence-corrected chi connectivity index (χ1v) is 7.21. The number of aliphatic hydroxyl groups excluding tert-OH is 1. The molecular weight excluding hydrogens is 346 g/mol. The second-order valence-electron chi connectivity index (χ2n) is 4.10. The first kappa shape index (κ1) is 13.3. The molecule has 8 heteroatoms. The zero-order chi connectivity index (χ0) is 14.3. The molecule has 2 heterocycles. The number of halogens is 1. The van der Waals surface area contributed by atoms with Crippen LogP contribution in [0.25, 0.3) is 0 Å². The third kappa shape index (κ3) is 2.37. The van der Waals surface area contributed by atoms with Gasteiger partial charge in [-0.1, -0.05) is 11.8 Å². The van der Waals surface area contributed by atoms with Crippen LogP contribution in [-0.2, 0) is 4.79 Å². The van der Waals surface area contributed by atoms with Gasteiger partial charge in [-0.05, 0) is 28.1 Å². The van der Waals surface area contributed by atoms with Gasteiger partial charge in [-0.3, -0.25) is 9.59 Å². The maximum Gasteiger partial charge on any atom is 0.257 e. The highest BCUT2D eigenvalue weighted by molar-refractivity contribution is 9.10. The number of fused-ring (bicyclic) bond motifs is 1. The lowest BCUT2D eigenvalue weighted by atomic mass is 10.1. The van der Waals surface area contributed by atoms with Crippen LogP contribution in [0.15, 0.2) is 43.7 Å². The van der Waals surface area contributed by atoms with Gasteiger partial charge in [-0.25, -0.2) is 4.98 Å². The van der Waals surface area contributed by atoms with Crippen LogP contribution in [0.4, 0.5) is 5.69 Å². The molecule has 1 aliphatic heterocycles. The van der Waals surface area contributed by atoms with Crippen molar-refractivity contribution in [3.8, 4) is 0 Å². The van der Waals surface area contributed by atoms with E-state index in [1.54, 1.807) is 12.1 Å². The largest absolute Gasteiger partial charge is 0.378 e. The zero-order valence-electron chi connectivity index (χ0n) is 9.88. The van der Waals surface area contributed by atoms with Gasteiger partial charge in [0.15, 0.2) is 11.3 Å². The number of nitrogens with zero attached hydrogens (tertiary/aromatic N) is 1. The summed E-state index contributed by atoms with van der Waals surface area (Å²) < 4.78 is 0.711. The Kier molecular flexibility index (Phi) is 3.36. The van der Waals surface area contributed by atoms with Crippen molar-refractivity contribution >= 4 is 39.3 Å². The summed E-state index contributed by atoms with van der Waals surface area (Å²) in [4.78, 5) is 30.1. The van der Waals surface area contributed by atoms with E-state index in [0.29, 0.717) is 20.9 Å². The number of H-pyrrole nitrogens is 1. The van der Waals surface area contributed by atoms with E-state index in [1.165, 1.54) is 24.0 Å². The molecule has 1 aromatic heterocycles. The molecule has 3 N–H and O–H groups in total. The van der Waals surface area contributed by atoms with Crippen molar-refractivity contribution < 1.29 is 9.90 Å². The molecule has 1 aromatic carbocycles. The predicted octanol–water partition coefficient (Wildman–Crippen LogP) is 1.67. The average molecular weight is 354 g/mol. The summed E-state index contributed by atoms with van der Waals surface area (Å²) in [5.74, 6) is -0.444. The minimum Gasteiger partial charge on any atom is -0.378 e. The lowest BCUT2D eigenvalue weighted by Crippen LogP contribution is -2.10. The average Bonchev–Trinajstić information content (AvgIpc) is 2.66. The van der Waals surface area contributed by atoms with Crippen LogP contribution in [0.1, 0.15) is 11.7 Å². The summed E-state index contributed by atoms with van der Waals surface area (Å²) in [6.07, 6.45) is 0.281. The molecule has 2 aromatic rings. The number of nitrogens with one attached hydrogen (secondary N) is 2. The van der Waals surface area contributed by atoms with Crippen LogP contribution in [-0.4, -0.2) is 21.0 Å². The molecule has 20 heavy (non-hydrogen) atoms. The Balaban J connectivity index is 1.98. The number of benzene rings is 1. The van der Waals surface area contributed by atoms with Gasteiger partial charge in [0, 0.05) is 32.9 Å². The highest BCUT2D eigenvalue weighted by Gasteiger charge is 2.29. The quantitative estimate of drug-likeness (QED) is 0.713. The van der Waals surface area contributed by atoms with E-state index in [0.717, 1.165) is 4.90 Å². The Labute approximate surface area is 125 Å². The molecule has 1 aliphatic rings. The van der Waals surface area contributed by atoms with E-state index in [4.69, 9.17) is 0 Å². The number of hydrogen-bond donors (Lipinski definition) is 3. The molecule has 0 radical (unpaired) electrons. The number of amides is 1. The van der Waals surface area contributed by atoms with Gasteiger partial charge in [0.1, 0.15) is 0 Å². The fourth-order valence-electron chi connectivity index (χ4n) is 1.83. The lowest BCUT2D eigenvalue weighted by molar-refractivity contribution is -0.123. The van der Waals surface area contributed by atoms with Crippen molar-refractivity contribution in [3.63, 3.8) is 0 Å². The number of aromatic amines is 1. The predicted molar refractivity (Wildman–Crippen MR) is 76.7 cm³/mol. The van der Waals surface area contributed by atoms with E-state index < -0.39 is 12.0 Å². The second kappa shape index (κ2) is 5.04. The van der Waals surface area contributed by atoms with Crippen molar-refractivity contribution in [3.05, 3.63) is 44.8 Å². The Morgan fingerprint density at radius 3 is 2.90 bits per heavy atom. The number of hydrogen-bond acceptors (Lipinski definition) is 5. The first-order chi connectivity index (χ1) is 9.54. The van der Waals surface area contributed by atoms with Gasteiger partial charge in [-0.15, -0.1) is 0 Å². The van der Waals surface area contributed by atoms with Crippen LogP contribution in [0.3, 0.4) is 0 Å². The topological polar surface area (TPSA) is 95.1 Å². The van der Waals surface area contributed by atoms with E-state index in [1.807, 2.05) is 0 Å². The fourth-order valence-corrected chi connectivity index (χ4v) is 3.24. The Hall–Kier alpha value is -1.64. The normalized spacial score (nSPS) is 16.9. The van der Waals surface area contributed by atoms with Gasteiger partial charge >= 0.3 is 0 Å². The summed E-state index contributed by atoms with van der Waals surface area (Å²) in [6, 6.07) is 4.74. The van der Waals surface area contributed by atoms with Gasteiger partial charge < -0.3 is 15.4 Å². The van der Waals surface area contributed by atoms with E-state index in [9.17, 15) is 14.7 Å². The minimum absolute atomic E-state index is 0.233. The van der Waals surface area contributed by atoms with Crippen molar-refractivity contribution in [1.29, 1.82) is 0 Å². The van der Waals surface area contributed by atoms with Crippen molar-refractivity contribution in [1.82, 2.24) is 9.97 Å². The monoisotopic (exact) mass is 353 g/mol. The molecule has 1 atom stereocenters. The highest BCUT2D eigenvalue weighted by Crippen LogP contribution is 2.40. The van der Waals surface area contributed by atoms with Gasteiger partial charge in [0.25, 0.3) is 11.5 Å². The number of aliphatic hydroxyl groups is 1. The molecule has 0 fully saturated rings. The summed E-state index contributed by atoms with van der Waals surface area (Å²) in [5.41, 5.74) is 0.857. The standard InChI is InChI=1S/C12H8BrN3O3S/c13-6-3-5-7(15-11(19)10(5)18)4-8(6)20-12-14-2-1-9(17)16-12/h1-4,10,18H,(H,15,19)(H,14,16,17). The number of aromatic nitrogens is 2. The van der Waals surface area contributed by atoms with Crippen LogP contribution >= 0.6 is 27.7 Å². The molecule has 0 bridgehead atoms. The molecule has 1 amide bonds. The molecular formula is C12H8BrN3O3S. The third-order valence-electron chi connectivity index (χ3n) is 2.76. The summed E-state index contributed by atoms with van der Waals surface area (Å²) in [7, 11) is 0. The van der Waals surface area contributed by atoms with Crippen LogP contribution in [0.2, 0.25) is 0 Å². The number of rotatable bonds is 2. The number of carbonyl (C=O) groups excluding carboxylic acids is 1. The third-order valence-corrected chi connectivity index (χ3v) is 4.64. The maximum atomic E-state index is 11.4. The number of anilines is 1. The molecule has 0 aliphatic carbocycles. The zero-order valence-corrected chi connectivity index (χ0v) is 12.3. The summed E-state index contributed by atoms with van der Waals surface area (Å²) in [5, 5.41) is 12.7. The minimum atomic E-state index is -1.14. The summed E-state index contributed by atoms with van der Waals surface area (Å²) >= 11 is 4.63. The fraction of sp³-hybridized carbons (Fsp3) is 0.0833. The lowest BCUT2D eigenvalue weighted by Gasteiger charge is -2.07. The van der Waals surface area contributed by atoms with Crippen LogP contribution < -0.4 is 10.9 Å². The van der Waals surface area contributed by atoms with E-state index >= 15 is 0 Å². The summed E-state index contributed by atoms with van der Waals surface area (Å²) in [6.45, 7) is 0. The molecule has 1 unspecified atom stereocenters. The molecule has 0 saturated carbocycles.